The van der Waals surface area contributed by atoms with Crippen molar-refractivity contribution in [2.75, 3.05) is 19.8 Å². The minimum absolute atomic E-state index is 0.262. The van der Waals surface area contributed by atoms with Crippen molar-refractivity contribution in [2.24, 2.45) is 0 Å². The van der Waals surface area contributed by atoms with Crippen LogP contribution in [0.4, 0.5) is 0 Å². The van der Waals surface area contributed by atoms with Crippen LogP contribution in [0.1, 0.15) is 155 Å². The monoisotopic (exact) mass is 962 g/mol. The molecule has 2 rings (SSSR count). The van der Waals surface area contributed by atoms with Crippen molar-refractivity contribution in [3.05, 3.63) is 85.1 Å². The molecule has 0 saturated carbocycles. The maximum atomic E-state index is 13.1. The molecule has 0 aromatic carbocycles. The number of hydrogen-bond acceptors (Lipinski definition) is 13. The number of ether oxygens (including phenoxy) is 4. The number of hydrogen-bond donors (Lipinski definition) is 9. The Bertz CT molecular complexity index is 1460. The molecule has 14 heteroatoms. The number of rotatable bonds is 38. The van der Waals surface area contributed by atoms with E-state index in [0.717, 1.165) is 70.6 Å². The molecule has 0 aromatic heterocycles. The molecule has 2 aliphatic heterocycles. The molecule has 1 amide bonds. The third kappa shape index (κ3) is 26.4. The van der Waals surface area contributed by atoms with Crippen molar-refractivity contribution in [1.82, 2.24) is 5.32 Å². The Labute approximate surface area is 408 Å². The van der Waals surface area contributed by atoms with Gasteiger partial charge in [-0.05, 0) is 77.6 Å². The number of amides is 1. The average Bonchev–Trinajstić information content (AvgIpc) is 3.34. The molecular formula is C54H91NO13. The summed E-state index contributed by atoms with van der Waals surface area (Å²) in [5.41, 5.74) is 0. The lowest BCUT2D eigenvalue weighted by Gasteiger charge is -2.46. The van der Waals surface area contributed by atoms with Gasteiger partial charge < -0.3 is 65.1 Å². The molecule has 12 atom stereocenters. The summed E-state index contributed by atoms with van der Waals surface area (Å²) in [4.78, 5) is 13.1. The highest BCUT2D eigenvalue weighted by atomic mass is 16.7. The molecule has 9 N–H and O–H groups in total. The van der Waals surface area contributed by atoms with Crippen LogP contribution in [-0.2, 0) is 23.7 Å². The summed E-state index contributed by atoms with van der Waals surface area (Å²) >= 11 is 0. The van der Waals surface area contributed by atoms with Crippen LogP contribution in [-0.4, -0.2) is 140 Å². The molecule has 12 unspecified atom stereocenters. The number of aliphatic hydroxyl groups excluding tert-OH is 8. The number of nitrogens with one attached hydrogen (secondary N) is 1. The first-order valence-electron chi connectivity index (χ1n) is 25.8. The van der Waals surface area contributed by atoms with Gasteiger partial charge in [-0.1, -0.05) is 156 Å². The zero-order valence-electron chi connectivity index (χ0n) is 41.3. The van der Waals surface area contributed by atoms with Gasteiger partial charge in [-0.3, -0.25) is 4.79 Å². The number of aliphatic hydroxyl groups is 8. The van der Waals surface area contributed by atoms with Gasteiger partial charge in [0, 0.05) is 6.42 Å². The molecule has 0 aliphatic carbocycles. The van der Waals surface area contributed by atoms with E-state index in [2.05, 4.69) is 79.1 Å². The Morgan fingerprint density at radius 2 is 1.04 bits per heavy atom. The fraction of sp³-hybridized carbons (Fsp3) is 0.722. The van der Waals surface area contributed by atoms with E-state index in [1.165, 1.54) is 51.4 Å². The standard InChI is InChI=1S/C54H91NO13/c1-3-5-7-9-11-13-14-15-16-17-18-19-20-21-22-23-24-25-26-27-28-30-32-34-36-38-46(59)55-42(43(58)37-35-33-31-29-12-10-8-6-4-2)41-65-53-51(64)49(62)52(45(40-57)67-53)68-54-50(63)48(61)47(60)44(39-56)66-54/h4-7,11-13,15-16,18-19,29,35,37,42-45,47-54,56-58,60-64H,3,8-10,14,17,20-28,30-34,36,38-41H2,1-2H3,(H,55,59)/b6-4+,7-5-,13-11-,16-15-,19-18-,29-12+,37-35+. The summed E-state index contributed by atoms with van der Waals surface area (Å²) in [6.45, 7) is 2.38. The summed E-state index contributed by atoms with van der Waals surface area (Å²) in [5.74, 6) is -0.264. The zero-order valence-corrected chi connectivity index (χ0v) is 41.3. The molecule has 2 fully saturated rings. The van der Waals surface area contributed by atoms with Gasteiger partial charge in [0.15, 0.2) is 12.6 Å². The molecule has 2 aliphatic rings. The van der Waals surface area contributed by atoms with E-state index in [9.17, 15) is 45.6 Å². The molecule has 2 saturated heterocycles. The van der Waals surface area contributed by atoms with Crippen LogP contribution in [0.15, 0.2) is 85.1 Å². The Morgan fingerprint density at radius 1 is 0.559 bits per heavy atom. The Balaban J connectivity index is 1.73. The summed E-state index contributed by atoms with van der Waals surface area (Å²) in [7, 11) is 0. The lowest BCUT2D eigenvalue weighted by atomic mass is 9.97. The van der Waals surface area contributed by atoms with Gasteiger partial charge in [-0.25, -0.2) is 0 Å². The molecular weight excluding hydrogens is 871 g/mol. The summed E-state index contributed by atoms with van der Waals surface area (Å²) < 4.78 is 22.6. The minimum atomic E-state index is -1.79. The highest BCUT2D eigenvalue weighted by Gasteiger charge is 2.51. The van der Waals surface area contributed by atoms with Crippen LogP contribution in [0.3, 0.4) is 0 Å². The van der Waals surface area contributed by atoms with E-state index in [-0.39, 0.29) is 18.9 Å². The highest BCUT2D eigenvalue weighted by molar-refractivity contribution is 5.76. The second-order valence-electron chi connectivity index (χ2n) is 17.9. The zero-order chi connectivity index (χ0) is 49.6. The van der Waals surface area contributed by atoms with Gasteiger partial charge >= 0.3 is 0 Å². The van der Waals surface area contributed by atoms with Gasteiger partial charge in [0.25, 0.3) is 0 Å². The third-order valence-corrected chi connectivity index (χ3v) is 12.1. The maximum Gasteiger partial charge on any atom is 0.220 e. The van der Waals surface area contributed by atoms with E-state index >= 15 is 0 Å². The van der Waals surface area contributed by atoms with Crippen molar-refractivity contribution in [3.63, 3.8) is 0 Å². The molecule has 0 radical (unpaired) electrons. The first kappa shape index (κ1) is 61.3. The Morgan fingerprint density at radius 3 is 1.62 bits per heavy atom. The predicted molar refractivity (Wildman–Crippen MR) is 267 cm³/mol. The Kier molecular flexibility index (Phi) is 35.9. The normalized spacial score (nSPS) is 27.1. The number of carbonyl (C=O) groups is 1. The second kappa shape index (κ2) is 39.8. The van der Waals surface area contributed by atoms with Gasteiger partial charge in [-0.2, -0.15) is 0 Å². The fourth-order valence-electron chi connectivity index (χ4n) is 7.97. The van der Waals surface area contributed by atoms with Crippen LogP contribution in [0, 0.1) is 0 Å². The van der Waals surface area contributed by atoms with Gasteiger partial charge in [-0.15, -0.1) is 0 Å². The van der Waals surface area contributed by atoms with Crippen LogP contribution >= 0.6 is 0 Å². The minimum Gasteiger partial charge on any atom is -0.394 e. The number of unbranched alkanes of at least 4 members (excludes halogenated alkanes) is 14. The van der Waals surface area contributed by atoms with Crippen LogP contribution in [0.2, 0.25) is 0 Å². The topological polar surface area (TPSA) is 228 Å². The van der Waals surface area contributed by atoms with Crippen molar-refractivity contribution in [2.45, 2.75) is 229 Å². The quantitative estimate of drug-likeness (QED) is 0.0225. The van der Waals surface area contributed by atoms with Gasteiger partial charge in [0.1, 0.15) is 48.8 Å². The first-order valence-corrected chi connectivity index (χ1v) is 25.8. The lowest BCUT2D eigenvalue weighted by molar-refractivity contribution is -0.359. The van der Waals surface area contributed by atoms with Crippen molar-refractivity contribution < 1.29 is 64.6 Å². The molecule has 68 heavy (non-hydrogen) atoms. The lowest BCUT2D eigenvalue weighted by Crippen LogP contribution is -2.65. The molecule has 0 bridgehead atoms. The van der Waals surface area contributed by atoms with E-state index in [1.807, 2.05) is 19.1 Å². The van der Waals surface area contributed by atoms with Gasteiger partial charge in [0.05, 0.1) is 32.0 Å². The maximum absolute atomic E-state index is 13.1. The largest absolute Gasteiger partial charge is 0.394 e. The molecule has 0 spiro atoms. The highest BCUT2D eigenvalue weighted by Crippen LogP contribution is 2.30. The van der Waals surface area contributed by atoms with E-state index < -0.39 is 86.8 Å². The smallest absolute Gasteiger partial charge is 0.220 e. The van der Waals surface area contributed by atoms with Crippen LogP contribution in [0.25, 0.3) is 0 Å². The number of allylic oxidation sites excluding steroid dienone is 13. The molecule has 14 nitrogen and oxygen atoms in total. The Hall–Kier alpha value is -2.83. The number of carbonyl (C=O) groups excluding carboxylic acids is 1. The van der Waals surface area contributed by atoms with Crippen molar-refractivity contribution in [3.8, 4) is 0 Å². The third-order valence-electron chi connectivity index (χ3n) is 12.1. The van der Waals surface area contributed by atoms with E-state index in [0.29, 0.717) is 12.8 Å². The first-order chi connectivity index (χ1) is 33.1. The van der Waals surface area contributed by atoms with Crippen LogP contribution in [0.5, 0.6) is 0 Å². The van der Waals surface area contributed by atoms with E-state index in [4.69, 9.17) is 18.9 Å². The van der Waals surface area contributed by atoms with Crippen molar-refractivity contribution >= 4 is 5.91 Å². The van der Waals surface area contributed by atoms with E-state index in [1.54, 1.807) is 6.08 Å². The predicted octanol–water partition coefficient (Wildman–Crippen LogP) is 6.99. The van der Waals surface area contributed by atoms with Crippen LogP contribution < -0.4 is 5.32 Å². The molecule has 2 heterocycles. The van der Waals surface area contributed by atoms with Crippen molar-refractivity contribution in [1.29, 1.82) is 0 Å². The SMILES string of the molecule is C/C=C/CC/C=C/CC/C=C/C(O)C(COC1OC(CO)C(OC2OC(CO)C(O)C(O)C2O)C(O)C1O)NC(=O)CCCCCCCCCCCCCC/C=C\C/C=C\C/C=C\C/C=C\CC. The molecule has 0 aromatic rings. The average molecular weight is 962 g/mol. The molecule has 390 valence electrons. The summed E-state index contributed by atoms with van der Waals surface area (Å²) in [6, 6.07) is -0.941. The van der Waals surface area contributed by atoms with Gasteiger partial charge in [0.2, 0.25) is 5.91 Å². The fourth-order valence-corrected chi connectivity index (χ4v) is 7.97. The second-order valence-corrected chi connectivity index (χ2v) is 17.9. The summed E-state index contributed by atoms with van der Waals surface area (Å²) in [6.07, 6.45) is 35.2. The summed E-state index contributed by atoms with van der Waals surface area (Å²) in [5, 5.41) is 86.5.